The number of unbranched alkanes of at least 4 members (excludes halogenated alkanes) is 8. The molecule has 6 aromatic carbocycles. The Labute approximate surface area is 366 Å². The molecule has 0 bridgehead atoms. The summed E-state index contributed by atoms with van der Waals surface area (Å²) >= 11 is 0. The van der Waals surface area contributed by atoms with E-state index in [9.17, 15) is 43.9 Å². The van der Waals surface area contributed by atoms with Crippen molar-refractivity contribution in [2.45, 2.75) is 84.0 Å². The van der Waals surface area contributed by atoms with Gasteiger partial charge in [0.15, 0.2) is 34.9 Å². The second-order valence-corrected chi connectivity index (χ2v) is 16.1. The van der Waals surface area contributed by atoms with Crippen LogP contribution in [0.5, 0.6) is 11.5 Å². The third kappa shape index (κ3) is 12.7. The van der Waals surface area contributed by atoms with Gasteiger partial charge in [-0.05, 0) is 102 Å². The van der Waals surface area contributed by atoms with Gasteiger partial charge in [0.05, 0.1) is 13.2 Å². The third-order valence-corrected chi connectivity index (χ3v) is 11.3. The van der Waals surface area contributed by atoms with Crippen LogP contribution in [0.1, 0.15) is 84.0 Å². The molecule has 0 saturated heterocycles. The van der Waals surface area contributed by atoms with Crippen LogP contribution < -0.4 is 9.47 Å². The molecule has 0 aromatic heterocycles. The number of halogens is 10. The van der Waals surface area contributed by atoms with Crippen LogP contribution in [0.15, 0.2) is 97.1 Å². The van der Waals surface area contributed by atoms with Gasteiger partial charge in [-0.15, -0.1) is 0 Å². The van der Waals surface area contributed by atoms with Gasteiger partial charge in [0.25, 0.3) is 0 Å². The summed E-state index contributed by atoms with van der Waals surface area (Å²) in [4.78, 5) is 0. The molecule has 0 unspecified atom stereocenters. The average Bonchev–Trinajstić information content (AvgIpc) is 3.26. The molecule has 12 heteroatoms. The Kier molecular flexibility index (Phi) is 16.9. The van der Waals surface area contributed by atoms with E-state index >= 15 is 0 Å². The topological polar surface area (TPSA) is 18.5 Å². The quantitative estimate of drug-likeness (QED) is 0.0384. The zero-order valence-corrected chi connectivity index (χ0v) is 35.3. The van der Waals surface area contributed by atoms with Crippen LogP contribution in [0, 0.1) is 64.1 Å². The summed E-state index contributed by atoms with van der Waals surface area (Å²) in [6, 6.07) is 18.9. The molecule has 338 valence electrons. The van der Waals surface area contributed by atoms with E-state index < -0.39 is 58.2 Å². The number of ether oxygens (including phenoxy) is 2. The van der Waals surface area contributed by atoms with Crippen LogP contribution in [0.2, 0.25) is 0 Å². The molecule has 6 aromatic rings. The van der Waals surface area contributed by atoms with Gasteiger partial charge in [-0.1, -0.05) is 95.4 Å². The predicted octanol–water partition coefficient (Wildman–Crippen LogP) is 16.5. The van der Waals surface area contributed by atoms with E-state index in [4.69, 9.17) is 9.47 Å². The van der Waals surface area contributed by atoms with Gasteiger partial charge in [-0.25, -0.2) is 43.9 Å². The summed E-state index contributed by atoms with van der Waals surface area (Å²) in [6.07, 6.45) is 12.6. The highest BCUT2D eigenvalue weighted by atomic mass is 19.2. The minimum absolute atomic E-state index is 0.129. The maximum absolute atomic E-state index is 15.0. The first-order valence-electron chi connectivity index (χ1n) is 21.5. The molecule has 2 nitrogen and oxygen atoms in total. The van der Waals surface area contributed by atoms with Gasteiger partial charge >= 0.3 is 0 Å². The number of hydrogen-bond acceptors (Lipinski definition) is 2. The monoisotopic (exact) mass is 894 g/mol. The molecular weight excluding hydrogens is 847 g/mol. The summed E-state index contributed by atoms with van der Waals surface area (Å²) in [5.41, 5.74) is 0.0583. The lowest BCUT2D eigenvalue weighted by molar-refractivity contribution is 0.302. The highest BCUT2D eigenvalue weighted by Crippen LogP contribution is 2.34. The SMILES string of the molecule is CC(CCCCCCCOc1ccc(-c2ccc(-c3cc(F)c(F)c(F)c3)c(F)c2)c(F)c1)CCCCCCCOc1ccc(-c2ccc(-c3cc(F)c(F)c(F)c3)c(F)c2)c(F)c1. The van der Waals surface area contributed by atoms with Crippen molar-refractivity contribution in [1.82, 2.24) is 0 Å². The fraction of sp³-hybridized carbons (Fsp3) is 0.308. The van der Waals surface area contributed by atoms with Gasteiger partial charge in [0, 0.05) is 34.4 Å². The Morgan fingerprint density at radius 3 is 0.984 bits per heavy atom. The fourth-order valence-electron chi connectivity index (χ4n) is 7.67. The fourth-order valence-corrected chi connectivity index (χ4v) is 7.67. The summed E-state index contributed by atoms with van der Waals surface area (Å²) in [6.45, 7) is 3.14. The van der Waals surface area contributed by atoms with Crippen molar-refractivity contribution in [2.24, 2.45) is 5.92 Å². The van der Waals surface area contributed by atoms with Crippen LogP contribution in [0.25, 0.3) is 44.5 Å². The van der Waals surface area contributed by atoms with E-state index in [1.165, 1.54) is 61.4 Å². The summed E-state index contributed by atoms with van der Waals surface area (Å²) in [7, 11) is 0. The van der Waals surface area contributed by atoms with Crippen LogP contribution >= 0.6 is 0 Å². The van der Waals surface area contributed by atoms with Crippen molar-refractivity contribution in [3.05, 3.63) is 155 Å². The summed E-state index contributed by atoms with van der Waals surface area (Å²) < 4.78 is 152. The lowest BCUT2D eigenvalue weighted by atomic mass is 9.96. The molecule has 0 heterocycles. The van der Waals surface area contributed by atoms with E-state index in [-0.39, 0.29) is 44.5 Å². The molecule has 0 radical (unpaired) electrons. The summed E-state index contributed by atoms with van der Waals surface area (Å²) in [5.74, 6) is -10.6. The largest absolute Gasteiger partial charge is 0.493 e. The number of benzene rings is 6. The van der Waals surface area contributed by atoms with Gasteiger partial charge in [0.2, 0.25) is 0 Å². The first-order valence-corrected chi connectivity index (χ1v) is 21.5. The molecule has 0 saturated carbocycles. The molecule has 0 spiro atoms. The van der Waals surface area contributed by atoms with Crippen LogP contribution in [0.3, 0.4) is 0 Å². The Morgan fingerprint density at radius 2 is 0.625 bits per heavy atom. The Balaban J connectivity index is 0.787. The van der Waals surface area contributed by atoms with Crippen molar-refractivity contribution in [3.63, 3.8) is 0 Å². The van der Waals surface area contributed by atoms with E-state index in [2.05, 4.69) is 6.92 Å². The van der Waals surface area contributed by atoms with Crippen molar-refractivity contribution in [1.29, 1.82) is 0 Å². The average molecular weight is 895 g/mol. The molecular formula is C52H48F10O2. The third-order valence-electron chi connectivity index (χ3n) is 11.3. The normalized spacial score (nSPS) is 11.4. The number of hydrogen-bond donors (Lipinski definition) is 0. The molecule has 64 heavy (non-hydrogen) atoms. The van der Waals surface area contributed by atoms with E-state index in [0.717, 1.165) is 76.3 Å². The van der Waals surface area contributed by atoms with Gasteiger partial charge in [0.1, 0.15) is 34.8 Å². The molecule has 0 aliphatic rings. The van der Waals surface area contributed by atoms with Crippen LogP contribution in [0.4, 0.5) is 43.9 Å². The predicted molar refractivity (Wildman–Crippen MR) is 230 cm³/mol. The minimum Gasteiger partial charge on any atom is -0.493 e. The lowest BCUT2D eigenvalue weighted by Crippen LogP contribution is -1.99. The molecule has 0 fully saturated rings. The Bertz CT molecular complexity index is 2300. The second-order valence-electron chi connectivity index (χ2n) is 16.1. The zero-order valence-electron chi connectivity index (χ0n) is 35.3. The smallest absolute Gasteiger partial charge is 0.194 e. The highest BCUT2D eigenvalue weighted by molar-refractivity contribution is 5.73. The second kappa shape index (κ2) is 22.7. The van der Waals surface area contributed by atoms with E-state index in [1.54, 1.807) is 12.1 Å². The van der Waals surface area contributed by atoms with Gasteiger partial charge < -0.3 is 9.47 Å². The Morgan fingerprint density at radius 1 is 0.328 bits per heavy atom. The Hall–Kier alpha value is -5.78. The molecule has 0 atom stereocenters. The first-order chi connectivity index (χ1) is 30.8. The molecule has 0 N–H and O–H groups in total. The maximum atomic E-state index is 15.0. The molecule has 0 amide bonds. The van der Waals surface area contributed by atoms with E-state index in [1.807, 2.05) is 0 Å². The van der Waals surface area contributed by atoms with Crippen molar-refractivity contribution < 1.29 is 53.4 Å². The van der Waals surface area contributed by atoms with Gasteiger partial charge in [-0.2, -0.15) is 0 Å². The van der Waals surface area contributed by atoms with Crippen LogP contribution in [-0.4, -0.2) is 13.2 Å². The van der Waals surface area contributed by atoms with Crippen molar-refractivity contribution >= 4 is 0 Å². The van der Waals surface area contributed by atoms with Crippen molar-refractivity contribution in [3.8, 4) is 56.0 Å². The lowest BCUT2D eigenvalue weighted by Gasteiger charge is -2.12. The van der Waals surface area contributed by atoms with Crippen LogP contribution in [-0.2, 0) is 0 Å². The number of rotatable bonds is 22. The summed E-state index contributed by atoms with van der Waals surface area (Å²) in [5, 5.41) is 0. The van der Waals surface area contributed by atoms with Gasteiger partial charge in [-0.3, -0.25) is 0 Å². The molecule has 0 aliphatic carbocycles. The standard InChI is InChI=1S/C52H48F10O2/c1-32(12-8-4-2-6-10-22-63-37-16-20-39(45(55)30-37)33-14-18-41(43(53)24-33)35-26-47(57)51(61)48(58)27-35)13-9-5-3-7-11-23-64-38-17-21-40(46(56)31-38)34-15-19-42(44(54)25-34)36-28-49(59)52(62)50(60)29-36/h14-21,24-32H,2-13,22-23H2,1H3. The first kappa shape index (κ1) is 47.7. The molecule has 0 aliphatic heterocycles. The minimum atomic E-state index is -1.64. The van der Waals surface area contributed by atoms with E-state index in [0.29, 0.717) is 54.9 Å². The van der Waals surface area contributed by atoms with Crippen molar-refractivity contribution in [2.75, 3.05) is 13.2 Å². The maximum Gasteiger partial charge on any atom is 0.194 e. The molecule has 6 rings (SSSR count). The highest BCUT2D eigenvalue weighted by Gasteiger charge is 2.18. The zero-order chi connectivity index (χ0) is 45.8.